The van der Waals surface area contributed by atoms with E-state index in [4.69, 9.17) is 4.74 Å². The van der Waals surface area contributed by atoms with E-state index in [9.17, 15) is 18.4 Å². The second-order valence-corrected chi connectivity index (χ2v) is 9.43. The molecule has 0 radical (unpaired) electrons. The van der Waals surface area contributed by atoms with Gasteiger partial charge in [-0.3, -0.25) is 14.6 Å². The third-order valence-electron chi connectivity index (χ3n) is 6.47. The first kappa shape index (κ1) is 26.3. The lowest BCUT2D eigenvalue weighted by molar-refractivity contribution is -0.131. The molecule has 1 amide bonds. The lowest BCUT2D eigenvalue weighted by Crippen LogP contribution is -2.43. The average molecular weight is 510 g/mol. The summed E-state index contributed by atoms with van der Waals surface area (Å²) < 4.78 is 33.4. The number of Topliss-reactive ketones (excluding diaryl/α,β-unsaturated/α-hetero) is 1. The first-order valence-corrected chi connectivity index (χ1v) is 12.0. The molecule has 1 saturated heterocycles. The molecule has 1 aliphatic heterocycles. The maximum Gasteiger partial charge on any atom is 0.272 e. The van der Waals surface area contributed by atoms with Gasteiger partial charge in [-0.15, -0.1) is 0 Å². The number of hydrogen-bond donors (Lipinski definition) is 2. The molecule has 0 spiro atoms. The molecular formula is C27H29F2N5O3. The van der Waals surface area contributed by atoms with Gasteiger partial charge in [0, 0.05) is 43.6 Å². The molecule has 1 fully saturated rings. The van der Waals surface area contributed by atoms with E-state index in [-0.39, 0.29) is 36.8 Å². The van der Waals surface area contributed by atoms with E-state index < -0.39 is 11.3 Å². The molecule has 0 bridgehead atoms. The number of amides is 1. The van der Waals surface area contributed by atoms with Gasteiger partial charge in [-0.25, -0.2) is 18.7 Å². The topological polar surface area (TPSA) is 106 Å². The van der Waals surface area contributed by atoms with Crippen molar-refractivity contribution in [2.24, 2.45) is 5.41 Å². The summed E-state index contributed by atoms with van der Waals surface area (Å²) in [4.78, 5) is 38.6. The van der Waals surface area contributed by atoms with Crippen LogP contribution in [0.3, 0.4) is 0 Å². The quantitative estimate of drug-likeness (QED) is 0.405. The average Bonchev–Trinajstić information content (AvgIpc) is 3.33. The maximum absolute atomic E-state index is 14.0. The second-order valence-electron chi connectivity index (χ2n) is 9.43. The van der Waals surface area contributed by atoms with Crippen molar-refractivity contribution in [3.63, 3.8) is 0 Å². The summed E-state index contributed by atoms with van der Waals surface area (Å²) in [6.45, 7) is 5.10. The highest BCUT2D eigenvalue weighted by atomic mass is 19.3. The van der Waals surface area contributed by atoms with Crippen molar-refractivity contribution in [3.8, 4) is 0 Å². The minimum atomic E-state index is -3.00. The molecule has 37 heavy (non-hydrogen) atoms. The second kappa shape index (κ2) is 10.7. The summed E-state index contributed by atoms with van der Waals surface area (Å²) >= 11 is 0. The van der Waals surface area contributed by atoms with Crippen molar-refractivity contribution < 1.29 is 23.1 Å². The Morgan fingerprint density at radius 1 is 1.11 bits per heavy atom. The number of carbonyl (C=O) groups excluding carboxylic acids is 2. The zero-order chi connectivity index (χ0) is 26.6. The fourth-order valence-electron chi connectivity index (χ4n) is 4.29. The number of aryl methyl sites for hydroxylation is 2. The van der Waals surface area contributed by atoms with Crippen LogP contribution < -0.4 is 10.6 Å². The molecule has 10 heteroatoms. The highest BCUT2D eigenvalue weighted by molar-refractivity contribution is 5.99. The van der Waals surface area contributed by atoms with E-state index in [2.05, 4.69) is 25.6 Å². The van der Waals surface area contributed by atoms with Crippen molar-refractivity contribution in [2.75, 3.05) is 18.5 Å². The van der Waals surface area contributed by atoms with Crippen LogP contribution in [0.1, 0.15) is 52.8 Å². The first-order chi connectivity index (χ1) is 17.6. The van der Waals surface area contributed by atoms with Gasteiger partial charge in [-0.1, -0.05) is 18.2 Å². The largest absolute Gasteiger partial charge is 0.380 e. The van der Waals surface area contributed by atoms with Crippen LogP contribution >= 0.6 is 0 Å². The van der Waals surface area contributed by atoms with Gasteiger partial charge in [-0.2, -0.15) is 0 Å². The predicted molar refractivity (Wildman–Crippen MR) is 134 cm³/mol. The number of halogens is 2. The highest BCUT2D eigenvalue weighted by Crippen LogP contribution is 2.35. The molecule has 1 aliphatic rings. The summed E-state index contributed by atoms with van der Waals surface area (Å²) in [5.41, 5.74) is 1.51. The SMILES string of the molecule is Cc1ncc(C(=O)C[C@@]2(C(=O)NCc3ncc(Nc4ccccc4C(C)(F)F)cc3C)CCOC2)cn1. The number of benzene rings is 1. The number of hydrogen-bond acceptors (Lipinski definition) is 7. The number of aromatic nitrogens is 3. The first-order valence-electron chi connectivity index (χ1n) is 12.0. The summed E-state index contributed by atoms with van der Waals surface area (Å²) in [6, 6.07) is 8.00. The smallest absolute Gasteiger partial charge is 0.272 e. The van der Waals surface area contributed by atoms with Gasteiger partial charge in [-0.05, 0) is 38.0 Å². The van der Waals surface area contributed by atoms with Crippen LogP contribution in [0, 0.1) is 19.3 Å². The number of carbonyl (C=O) groups is 2. The number of ketones is 1. The third kappa shape index (κ3) is 6.14. The Bertz CT molecular complexity index is 1290. The predicted octanol–water partition coefficient (Wildman–Crippen LogP) is 4.64. The molecular weight excluding hydrogens is 480 g/mol. The minimum Gasteiger partial charge on any atom is -0.380 e. The summed E-state index contributed by atoms with van der Waals surface area (Å²) in [5, 5.41) is 5.91. The lowest BCUT2D eigenvalue weighted by Gasteiger charge is -2.25. The Kier molecular flexibility index (Phi) is 7.58. The highest BCUT2D eigenvalue weighted by Gasteiger charge is 2.44. The van der Waals surface area contributed by atoms with E-state index in [0.29, 0.717) is 41.5 Å². The van der Waals surface area contributed by atoms with Crippen molar-refractivity contribution in [1.82, 2.24) is 20.3 Å². The van der Waals surface area contributed by atoms with E-state index in [1.165, 1.54) is 24.7 Å². The number of rotatable bonds is 9. The van der Waals surface area contributed by atoms with E-state index >= 15 is 0 Å². The Morgan fingerprint density at radius 3 is 2.49 bits per heavy atom. The Labute approximate surface area is 213 Å². The van der Waals surface area contributed by atoms with E-state index in [0.717, 1.165) is 12.5 Å². The van der Waals surface area contributed by atoms with E-state index in [1.807, 2.05) is 6.92 Å². The van der Waals surface area contributed by atoms with Gasteiger partial charge in [0.1, 0.15) is 5.82 Å². The van der Waals surface area contributed by atoms with Crippen molar-refractivity contribution >= 4 is 23.1 Å². The number of alkyl halides is 2. The summed E-state index contributed by atoms with van der Waals surface area (Å²) in [6.07, 6.45) is 4.88. The molecule has 8 nitrogen and oxygen atoms in total. The normalized spacial score (nSPS) is 17.4. The fraction of sp³-hybridized carbons (Fsp3) is 0.370. The Hall–Kier alpha value is -3.79. The van der Waals surface area contributed by atoms with Crippen LogP contribution in [0.5, 0.6) is 0 Å². The van der Waals surface area contributed by atoms with Crippen molar-refractivity contribution in [3.05, 3.63) is 77.1 Å². The number of ether oxygens (including phenoxy) is 1. The van der Waals surface area contributed by atoms with Crippen LogP contribution in [0.4, 0.5) is 20.2 Å². The Balaban J connectivity index is 1.43. The molecule has 194 valence electrons. The molecule has 1 atom stereocenters. The zero-order valence-corrected chi connectivity index (χ0v) is 21.0. The minimum absolute atomic E-state index is 0.0119. The molecule has 0 saturated carbocycles. The van der Waals surface area contributed by atoms with Gasteiger partial charge < -0.3 is 15.4 Å². The number of nitrogens with one attached hydrogen (secondary N) is 2. The number of para-hydroxylation sites is 1. The van der Waals surface area contributed by atoms with E-state index in [1.54, 1.807) is 31.2 Å². The van der Waals surface area contributed by atoms with Crippen LogP contribution in [0.2, 0.25) is 0 Å². The van der Waals surface area contributed by atoms with Gasteiger partial charge >= 0.3 is 0 Å². The monoisotopic (exact) mass is 509 g/mol. The molecule has 0 unspecified atom stereocenters. The maximum atomic E-state index is 14.0. The summed E-state index contributed by atoms with van der Waals surface area (Å²) in [5.74, 6) is -2.94. The van der Waals surface area contributed by atoms with Crippen LogP contribution in [-0.2, 0) is 22.0 Å². The molecule has 0 aliphatic carbocycles. The van der Waals surface area contributed by atoms with Crippen molar-refractivity contribution in [1.29, 1.82) is 0 Å². The van der Waals surface area contributed by atoms with Crippen LogP contribution in [-0.4, -0.2) is 39.9 Å². The van der Waals surface area contributed by atoms with Crippen LogP contribution in [0.25, 0.3) is 0 Å². The number of pyridine rings is 1. The fourth-order valence-corrected chi connectivity index (χ4v) is 4.29. The van der Waals surface area contributed by atoms with Gasteiger partial charge in [0.2, 0.25) is 5.91 Å². The molecule has 2 N–H and O–H groups in total. The molecule has 4 rings (SSSR count). The third-order valence-corrected chi connectivity index (χ3v) is 6.47. The molecule has 3 heterocycles. The number of anilines is 2. The lowest BCUT2D eigenvalue weighted by atomic mass is 9.80. The van der Waals surface area contributed by atoms with Gasteiger partial charge in [0.15, 0.2) is 5.78 Å². The standard InChI is InChI=1S/C27H29F2N5O3/c1-17-10-20(34-22-7-5-4-6-21(22)26(3,28)29)14-32-23(17)15-33-25(36)27(8-9-37-16-27)11-24(35)19-12-30-18(2)31-13-19/h4-7,10,12-14,34H,8-9,11,15-16H2,1-3H3,(H,33,36)/t27-/m0/s1. The van der Waals surface area contributed by atoms with Gasteiger partial charge in [0.25, 0.3) is 5.92 Å². The Morgan fingerprint density at radius 2 is 1.84 bits per heavy atom. The molecule has 2 aromatic heterocycles. The van der Waals surface area contributed by atoms with Gasteiger partial charge in [0.05, 0.1) is 41.7 Å². The van der Waals surface area contributed by atoms with Crippen molar-refractivity contribution in [2.45, 2.75) is 46.1 Å². The van der Waals surface area contributed by atoms with Crippen LogP contribution in [0.15, 0.2) is 48.9 Å². The zero-order valence-electron chi connectivity index (χ0n) is 21.0. The summed E-state index contributed by atoms with van der Waals surface area (Å²) in [7, 11) is 0. The molecule has 3 aromatic rings. The molecule has 1 aromatic carbocycles. The number of nitrogens with zero attached hydrogens (tertiary/aromatic N) is 3.